The zero-order valence-electron chi connectivity index (χ0n) is 12.2. The number of hydrogen-bond acceptors (Lipinski definition) is 2. The van der Waals surface area contributed by atoms with Crippen LogP contribution in [0.3, 0.4) is 0 Å². The second kappa shape index (κ2) is 5.46. The molecule has 0 saturated carbocycles. The summed E-state index contributed by atoms with van der Waals surface area (Å²) in [6, 6.07) is 16.7. The lowest BCUT2D eigenvalue weighted by Gasteiger charge is -2.32. The van der Waals surface area contributed by atoms with Crippen LogP contribution in [0.25, 0.3) is 0 Å². The summed E-state index contributed by atoms with van der Waals surface area (Å²) in [5, 5.41) is 10.5. The summed E-state index contributed by atoms with van der Waals surface area (Å²) < 4.78 is 13.6. The van der Waals surface area contributed by atoms with Gasteiger partial charge in [-0.1, -0.05) is 69.3 Å². The Morgan fingerprint density at radius 1 is 0.950 bits per heavy atom. The van der Waals surface area contributed by atoms with Crippen molar-refractivity contribution in [2.75, 3.05) is 0 Å². The van der Waals surface area contributed by atoms with E-state index in [1.807, 2.05) is 63.2 Å². The van der Waals surface area contributed by atoms with Crippen LogP contribution in [-0.2, 0) is 10.7 Å². The standard InChI is InChI=1S/C17H21O2P/c1-17(2,3)20(19,15-10-5-4-6-11-15)13-14-9-7-8-12-16(14)18/h4-12,18H,13H2,1-3H3/t20-/m1/s1. The molecule has 0 aromatic heterocycles. The highest BCUT2D eigenvalue weighted by Gasteiger charge is 2.38. The Hall–Kier alpha value is -1.53. The predicted molar refractivity (Wildman–Crippen MR) is 85.2 cm³/mol. The average Bonchev–Trinajstić information content (AvgIpc) is 2.41. The molecule has 3 heteroatoms. The first-order valence-electron chi connectivity index (χ1n) is 6.76. The molecule has 1 N–H and O–H groups in total. The van der Waals surface area contributed by atoms with E-state index in [4.69, 9.17) is 0 Å². The molecule has 0 fully saturated rings. The molecular formula is C17H21O2P. The Labute approximate surface area is 120 Å². The molecule has 0 aliphatic heterocycles. The summed E-state index contributed by atoms with van der Waals surface area (Å²) in [4.78, 5) is 0. The van der Waals surface area contributed by atoms with E-state index in [1.54, 1.807) is 12.1 Å². The highest BCUT2D eigenvalue weighted by molar-refractivity contribution is 7.72. The van der Waals surface area contributed by atoms with Crippen LogP contribution < -0.4 is 5.30 Å². The Kier molecular flexibility index (Phi) is 4.06. The molecule has 0 saturated heterocycles. The van der Waals surface area contributed by atoms with Gasteiger partial charge in [-0.15, -0.1) is 0 Å². The van der Waals surface area contributed by atoms with Crippen LogP contribution in [0, 0.1) is 0 Å². The van der Waals surface area contributed by atoms with Crippen molar-refractivity contribution in [1.29, 1.82) is 0 Å². The van der Waals surface area contributed by atoms with Crippen molar-refractivity contribution in [3.05, 3.63) is 60.2 Å². The van der Waals surface area contributed by atoms with Gasteiger partial charge in [0.2, 0.25) is 0 Å². The molecule has 0 aliphatic carbocycles. The zero-order valence-corrected chi connectivity index (χ0v) is 13.1. The van der Waals surface area contributed by atoms with E-state index in [-0.39, 0.29) is 10.9 Å². The van der Waals surface area contributed by atoms with E-state index in [9.17, 15) is 9.67 Å². The molecular weight excluding hydrogens is 267 g/mol. The van der Waals surface area contributed by atoms with Crippen LogP contribution in [0.2, 0.25) is 0 Å². The van der Waals surface area contributed by atoms with E-state index >= 15 is 0 Å². The quantitative estimate of drug-likeness (QED) is 0.851. The molecule has 0 unspecified atom stereocenters. The third kappa shape index (κ3) is 2.81. The van der Waals surface area contributed by atoms with Crippen molar-refractivity contribution in [2.24, 2.45) is 0 Å². The minimum absolute atomic E-state index is 0.216. The molecule has 2 aromatic carbocycles. The van der Waals surface area contributed by atoms with Crippen LogP contribution in [0.1, 0.15) is 26.3 Å². The zero-order chi connectivity index (χ0) is 14.8. The lowest BCUT2D eigenvalue weighted by molar-refractivity contribution is 0.469. The lowest BCUT2D eigenvalue weighted by atomic mass is 10.2. The molecule has 0 radical (unpaired) electrons. The van der Waals surface area contributed by atoms with Crippen LogP contribution >= 0.6 is 7.14 Å². The topological polar surface area (TPSA) is 37.3 Å². The van der Waals surface area contributed by atoms with Gasteiger partial charge in [0.1, 0.15) is 12.9 Å². The summed E-state index contributed by atoms with van der Waals surface area (Å²) in [5.74, 6) is 0.216. The fraction of sp³-hybridized carbons (Fsp3) is 0.294. The molecule has 0 heterocycles. The van der Waals surface area contributed by atoms with Crippen molar-refractivity contribution in [3.8, 4) is 5.75 Å². The van der Waals surface area contributed by atoms with Gasteiger partial charge in [0.15, 0.2) is 0 Å². The van der Waals surface area contributed by atoms with Crippen LogP contribution in [0.15, 0.2) is 54.6 Å². The number of aromatic hydroxyl groups is 1. The summed E-state index contributed by atoms with van der Waals surface area (Å²) >= 11 is 0. The molecule has 0 amide bonds. The molecule has 0 bridgehead atoms. The molecule has 1 atom stereocenters. The summed E-state index contributed by atoms with van der Waals surface area (Å²) in [5.41, 5.74) is 0.745. The third-order valence-corrected chi connectivity index (χ3v) is 7.73. The summed E-state index contributed by atoms with van der Waals surface area (Å²) in [7, 11) is -2.66. The SMILES string of the molecule is CC(C)(C)[P@@](=O)(Cc1ccccc1O)c1ccccc1. The van der Waals surface area contributed by atoms with Crippen molar-refractivity contribution in [2.45, 2.75) is 32.1 Å². The first-order chi connectivity index (χ1) is 9.34. The summed E-state index contributed by atoms with van der Waals surface area (Å²) in [6.45, 7) is 6.00. The number of rotatable bonds is 3. The van der Waals surface area contributed by atoms with Crippen LogP contribution in [0.5, 0.6) is 5.75 Å². The Balaban J connectivity index is 2.51. The first-order valence-corrected chi connectivity index (χ1v) is 8.65. The van der Waals surface area contributed by atoms with Gasteiger partial charge in [0, 0.05) is 22.2 Å². The van der Waals surface area contributed by atoms with Gasteiger partial charge in [0.25, 0.3) is 0 Å². The molecule has 106 valence electrons. The maximum atomic E-state index is 13.6. The fourth-order valence-corrected chi connectivity index (χ4v) is 5.10. The molecule has 2 nitrogen and oxygen atoms in total. The van der Waals surface area contributed by atoms with Crippen molar-refractivity contribution in [3.63, 3.8) is 0 Å². The molecule has 2 rings (SSSR count). The molecule has 0 aliphatic rings. The summed E-state index contributed by atoms with van der Waals surface area (Å²) in [6.07, 6.45) is 0.382. The smallest absolute Gasteiger partial charge is 0.124 e. The lowest BCUT2D eigenvalue weighted by Crippen LogP contribution is -2.24. The van der Waals surface area contributed by atoms with E-state index in [1.165, 1.54) is 0 Å². The van der Waals surface area contributed by atoms with Crippen molar-refractivity contribution < 1.29 is 9.67 Å². The van der Waals surface area contributed by atoms with Crippen molar-refractivity contribution >= 4 is 12.4 Å². The average molecular weight is 288 g/mol. The Morgan fingerprint density at radius 2 is 1.50 bits per heavy atom. The van der Waals surface area contributed by atoms with Crippen molar-refractivity contribution in [1.82, 2.24) is 0 Å². The maximum Gasteiger partial charge on any atom is 0.124 e. The van der Waals surface area contributed by atoms with E-state index in [2.05, 4.69) is 0 Å². The second-order valence-electron chi connectivity index (χ2n) is 6.03. The minimum atomic E-state index is -2.66. The highest BCUT2D eigenvalue weighted by atomic mass is 31.2. The minimum Gasteiger partial charge on any atom is -0.508 e. The van der Waals surface area contributed by atoms with E-state index in [0.717, 1.165) is 10.9 Å². The number of hydrogen-bond donors (Lipinski definition) is 1. The largest absolute Gasteiger partial charge is 0.508 e. The van der Waals surface area contributed by atoms with Crippen LogP contribution in [-0.4, -0.2) is 10.3 Å². The second-order valence-corrected chi connectivity index (χ2v) is 9.69. The Morgan fingerprint density at radius 3 is 2.05 bits per heavy atom. The van der Waals surface area contributed by atoms with Gasteiger partial charge in [-0.25, -0.2) is 0 Å². The van der Waals surface area contributed by atoms with Gasteiger partial charge in [-0.3, -0.25) is 0 Å². The first kappa shape index (κ1) is 14.9. The van der Waals surface area contributed by atoms with Gasteiger partial charge in [-0.05, 0) is 6.07 Å². The fourth-order valence-electron chi connectivity index (χ4n) is 2.27. The molecule has 0 spiro atoms. The third-order valence-electron chi connectivity index (χ3n) is 3.64. The molecule has 20 heavy (non-hydrogen) atoms. The van der Waals surface area contributed by atoms with E-state index in [0.29, 0.717) is 6.16 Å². The van der Waals surface area contributed by atoms with Gasteiger partial charge < -0.3 is 9.67 Å². The normalized spacial score (nSPS) is 14.8. The van der Waals surface area contributed by atoms with Crippen LogP contribution in [0.4, 0.5) is 0 Å². The number of phenolic OH excluding ortho intramolecular Hbond substituents is 1. The highest BCUT2D eigenvalue weighted by Crippen LogP contribution is 2.59. The van der Waals surface area contributed by atoms with Gasteiger partial charge >= 0.3 is 0 Å². The molecule has 2 aromatic rings. The number of benzene rings is 2. The van der Waals surface area contributed by atoms with E-state index < -0.39 is 7.14 Å². The monoisotopic (exact) mass is 288 g/mol. The number of phenols is 1. The van der Waals surface area contributed by atoms with Gasteiger partial charge in [-0.2, -0.15) is 0 Å². The number of para-hydroxylation sites is 1. The Bertz CT molecular complexity index is 627. The maximum absolute atomic E-state index is 13.6. The predicted octanol–water partition coefficient (Wildman–Crippen LogP) is 4.38. The van der Waals surface area contributed by atoms with Gasteiger partial charge in [0.05, 0.1) is 0 Å².